The summed E-state index contributed by atoms with van der Waals surface area (Å²) >= 11 is 0. The molecule has 0 aliphatic carbocycles. The first-order valence-electron chi connectivity index (χ1n) is 9.06. The van der Waals surface area contributed by atoms with Crippen molar-refractivity contribution in [1.82, 2.24) is 9.88 Å². The number of pyridine rings is 1. The van der Waals surface area contributed by atoms with Crippen molar-refractivity contribution in [2.75, 3.05) is 18.4 Å². The highest BCUT2D eigenvalue weighted by Gasteiger charge is 2.26. The van der Waals surface area contributed by atoms with E-state index in [2.05, 4.69) is 17.2 Å². The smallest absolute Gasteiger partial charge is 0.321 e. The molecule has 0 bridgehead atoms. The second-order valence-corrected chi connectivity index (χ2v) is 6.52. The van der Waals surface area contributed by atoms with E-state index >= 15 is 0 Å². The largest absolute Gasteiger partial charge is 0.481 e. The number of aryl methyl sites for hydroxylation is 1. The van der Waals surface area contributed by atoms with Crippen LogP contribution in [0.25, 0.3) is 0 Å². The van der Waals surface area contributed by atoms with Gasteiger partial charge in [-0.1, -0.05) is 19.1 Å². The monoisotopic (exact) mass is 369 g/mol. The lowest BCUT2D eigenvalue weighted by Crippen LogP contribution is -2.42. The predicted octanol–water partition coefficient (Wildman–Crippen LogP) is 3.76. The van der Waals surface area contributed by atoms with Crippen LogP contribution in [0.2, 0.25) is 0 Å². The topological polar surface area (TPSA) is 91.8 Å². The molecule has 0 spiro atoms. The molecule has 1 aliphatic heterocycles. The summed E-state index contributed by atoms with van der Waals surface area (Å²) in [5.74, 6) is 0.0149. The molecular weight excluding hydrogens is 346 g/mol. The van der Waals surface area contributed by atoms with Gasteiger partial charge in [-0.3, -0.25) is 4.79 Å². The van der Waals surface area contributed by atoms with Crippen LogP contribution in [0.1, 0.15) is 25.3 Å². The van der Waals surface area contributed by atoms with E-state index in [-0.39, 0.29) is 11.9 Å². The molecule has 0 radical (unpaired) electrons. The Morgan fingerprint density at radius 3 is 2.67 bits per heavy atom. The molecule has 1 aromatic heterocycles. The van der Waals surface area contributed by atoms with Gasteiger partial charge < -0.3 is 20.1 Å². The molecule has 0 atom stereocenters. The van der Waals surface area contributed by atoms with Crippen molar-refractivity contribution in [3.8, 4) is 11.6 Å². The Morgan fingerprint density at radius 2 is 2.04 bits per heavy atom. The molecule has 1 aromatic carbocycles. The van der Waals surface area contributed by atoms with E-state index in [0.29, 0.717) is 37.5 Å². The number of benzene rings is 1. The normalized spacial score (nSPS) is 14.6. The fraction of sp³-hybridized carbons (Fsp3) is 0.350. The van der Waals surface area contributed by atoms with E-state index < -0.39 is 5.97 Å². The number of anilines is 1. The average Bonchev–Trinajstić information content (AvgIpc) is 2.69. The first kappa shape index (κ1) is 18.7. The Labute approximate surface area is 158 Å². The second-order valence-electron chi connectivity index (χ2n) is 6.52. The summed E-state index contributed by atoms with van der Waals surface area (Å²) in [7, 11) is 0. The first-order chi connectivity index (χ1) is 13.0. The Balaban J connectivity index is 1.54. The summed E-state index contributed by atoms with van der Waals surface area (Å²) in [4.78, 5) is 29.1. The lowest BCUT2D eigenvalue weighted by Gasteiger charge is -2.30. The van der Waals surface area contributed by atoms with E-state index in [1.807, 2.05) is 24.3 Å². The molecule has 1 aliphatic rings. The summed E-state index contributed by atoms with van der Waals surface area (Å²) < 4.78 is 5.74. The van der Waals surface area contributed by atoms with Crippen LogP contribution in [-0.2, 0) is 11.2 Å². The summed E-state index contributed by atoms with van der Waals surface area (Å²) in [6.07, 6.45) is 3.43. The van der Waals surface area contributed by atoms with Crippen molar-refractivity contribution in [2.45, 2.75) is 26.2 Å². The van der Waals surface area contributed by atoms with Crippen LogP contribution in [0.3, 0.4) is 0 Å². The number of hydrogen-bond donors (Lipinski definition) is 2. The number of aromatic nitrogens is 1. The zero-order valence-corrected chi connectivity index (χ0v) is 15.2. The fourth-order valence-corrected chi connectivity index (χ4v) is 3.00. The molecule has 1 fully saturated rings. The zero-order valence-electron chi connectivity index (χ0n) is 15.2. The number of hydrogen-bond acceptors (Lipinski definition) is 4. The van der Waals surface area contributed by atoms with E-state index in [0.717, 1.165) is 12.2 Å². The van der Waals surface area contributed by atoms with E-state index in [1.165, 1.54) is 5.56 Å². The van der Waals surface area contributed by atoms with E-state index in [9.17, 15) is 9.59 Å². The first-order valence-corrected chi connectivity index (χ1v) is 9.06. The third kappa shape index (κ3) is 4.97. The number of nitrogens with one attached hydrogen (secondary N) is 1. The molecule has 7 heteroatoms. The summed E-state index contributed by atoms with van der Waals surface area (Å²) in [5, 5.41) is 11.8. The number of carboxylic acid groups (broad SMARTS) is 1. The number of carbonyl (C=O) groups is 2. The number of carboxylic acids is 1. The predicted molar refractivity (Wildman–Crippen MR) is 101 cm³/mol. The van der Waals surface area contributed by atoms with Crippen LogP contribution in [-0.4, -0.2) is 40.1 Å². The Morgan fingerprint density at radius 1 is 1.26 bits per heavy atom. The van der Waals surface area contributed by atoms with Gasteiger partial charge in [0.25, 0.3) is 0 Å². The number of carbonyl (C=O) groups excluding carboxylic acids is 1. The minimum atomic E-state index is -0.792. The highest BCUT2D eigenvalue weighted by molar-refractivity contribution is 5.89. The van der Waals surface area contributed by atoms with Gasteiger partial charge in [0.2, 0.25) is 5.88 Å². The molecule has 7 nitrogen and oxygen atoms in total. The summed E-state index contributed by atoms with van der Waals surface area (Å²) in [5.41, 5.74) is 1.75. The van der Waals surface area contributed by atoms with Crippen molar-refractivity contribution >= 4 is 17.7 Å². The van der Waals surface area contributed by atoms with Crippen molar-refractivity contribution in [3.63, 3.8) is 0 Å². The number of nitrogens with zero attached hydrogens (tertiary/aromatic N) is 2. The summed E-state index contributed by atoms with van der Waals surface area (Å²) in [6.45, 7) is 2.95. The number of urea groups is 1. The molecule has 0 saturated carbocycles. The average molecular weight is 369 g/mol. The van der Waals surface area contributed by atoms with E-state index in [1.54, 1.807) is 23.2 Å². The third-order valence-corrected chi connectivity index (χ3v) is 4.65. The maximum absolute atomic E-state index is 12.3. The minimum absolute atomic E-state index is 0.245. The maximum atomic E-state index is 12.3. The highest BCUT2D eigenvalue weighted by Crippen LogP contribution is 2.22. The van der Waals surface area contributed by atoms with Crippen molar-refractivity contribution in [3.05, 3.63) is 48.2 Å². The Kier molecular flexibility index (Phi) is 5.90. The molecule has 2 heterocycles. The van der Waals surface area contributed by atoms with Gasteiger partial charge in [-0.25, -0.2) is 9.78 Å². The Bertz CT molecular complexity index is 799. The van der Waals surface area contributed by atoms with Crippen molar-refractivity contribution in [1.29, 1.82) is 0 Å². The van der Waals surface area contributed by atoms with Crippen LogP contribution in [0.4, 0.5) is 10.5 Å². The molecule has 3 rings (SSSR count). The number of likely N-dealkylation sites (tertiary alicyclic amines) is 1. The number of aliphatic carboxylic acids is 1. The van der Waals surface area contributed by atoms with Gasteiger partial charge in [-0.15, -0.1) is 0 Å². The highest BCUT2D eigenvalue weighted by atomic mass is 16.5. The lowest BCUT2D eigenvalue weighted by atomic mass is 9.97. The van der Waals surface area contributed by atoms with Crippen LogP contribution in [0.15, 0.2) is 42.6 Å². The quantitative estimate of drug-likeness (QED) is 0.837. The van der Waals surface area contributed by atoms with Gasteiger partial charge >= 0.3 is 12.0 Å². The standard InChI is InChI=1S/C20H23N3O4/c1-2-14-4-3-5-17(12-14)27-18-7-6-16(13-21-18)22-20(26)23-10-8-15(9-11-23)19(24)25/h3-7,12-13,15H,2,8-11H2,1H3,(H,22,26)(H,24,25). The van der Waals surface area contributed by atoms with Crippen LogP contribution in [0.5, 0.6) is 11.6 Å². The van der Waals surface area contributed by atoms with Crippen LogP contribution < -0.4 is 10.1 Å². The van der Waals surface area contributed by atoms with Gasteiger partial charge in [-0.2, -0.15) is 0 Å². The minimum Gasteiger partial charge on any atom is -0.481 e. The van der Waals surface area contributed by atoms with Crippen LogP contribution >= 0.6 is 0 Å². The van der Waals surface area contributed by atoms with Crippen LogP contribution in [0, 0.1) is 5.92 Å². The van der Waals surface area contributed by atoms with Crippen molar-refractivity contribution < 1.29 is 19.4 Å². The van der Waals surface area contributed by atoms with Gasteiger partial charge in [0.1, 0.15) is 5.75 Å². The number of rotatable bonds is 5. The van der Waals surface area contributed by atoms with Gasteiger partial charge in [0.05, 0.1) is 17.8 Å². The maximum Gasteiger partial charge on any atom is 0.321 e. The summed E-state index contributed by atoms with van der Waals surface area (Å²) in [6, 6.07) is 11.0. The SMILES string of the molecule is CCc1cccc(Oc2ccc(NC(=O)N3CCC(C(=O)O)CC3)cn2)c1. The van der Waals surface area contributed by atoms with E-state index in [4.69, 9.17) is 9.84 Å². The molecule has 2 aromatic rings. The number of piperidine rings is 1. The fourth-order valence-electron chi connectivity index (χ4n) is 3.00. The second kappa shape index (κ2) is 8.53. The molecule has 27 heavy (non-hydrogen) atoms. The number of amides is 2. The molecule has 142 valence electrons. The molecule has 0 unspecified atom stereocenters. The van der Waals surface area contributed by atoms with Gasteiger partial charge in [0, 0.05) is 19.2 Å². The zero-order chi connectivity index (χ0) is 19.2. The third-order valence-electron chi connectivity index (χ3n) is 4.65. The van der Waals surface area contributed by atoms with Crippen molar-refractivity contribution in [2.24, 2.45) is 5.92 Å². The van der Waals surface area contributed by atoms with Gasteiger partial charge in [-0.05, 0) is 43.0 Å². The molecule has 2 amide bonds. The molecular formula is C20H23N3O4. The lowest BCUT2D eigenvalue weighted by molar-refractivity contribution is -0.143. The molecule has 2 N–H and O–H groups in total. The number of ether oxygens (including phenoxy) is 1. The van der Waals surface area contributed by atoms with Gasteiger partial charge in [0.15, 0.2) is 0 Å². The Hall–Kier alpha value is -3.09. The molecule has 1 saturated heterocycles.